The minimum absolute atomic E-state index is 0.0818. The van der Waals surface area contributed by atoms with Gasteiger partial charge in [-0.05, 0) is 25.1 Å². The minimum atomic E-state index is -1.01. The van der Waals surface area contributed by atoms with Crippen LogP contribution in [0.4, 0.5) is 11.4 Å². The van der Waals surface area contributed by atoms with Crippen molar-refractivity contribution in [2.45, 2.75) is 26.9 Å². The molecule has 0 aliphatic carbocycles. The zero-order valence-electron chi connectivity index (χ0n) is 14.3. The summed E-state index contributed by atoms with van der Waals surface area (Å²) in [6.45, 7) is 7.79. The lowest BCUT2D eigenvalue weighted by atomic mass is 10.1. The highest BCUT2D eigenvalue weighted by atomic mass is 16.5. The highest BCUT2D eigenvalue weighted by Gasteiger charge is 2.19. The summed E-state index contributed by atoms with van der Waals surface area (Å²) in [5.74, 6) is -1.90. The Morgan fingerprint density at radius 3 is 2.04 bits per heavy atom. The van der Waals surface area contributed by atoms with Crippen LogP contribution in [0.2, 0.25) is 0 Å². The van der Waals surface area contributed by atoms with Crippen LogP contribution in [-0.2, 0) is 19.1 Å². The molecule has 0 bridgehead atoms. The zero-order valence-corrected chi connectivity index (χ0v) is 14.3. The van der Waals surface area contributed by atoms with Crippen LogP contribution >= 0.6 is 0 Å². The number of benzene rings is 1. The molecule has 3 N–H and O–H groups in total. The molecule has 0 radical (unpaired) electrons. The molecule has 8 heteroatoms. The number of ether oxygens (including phenoxy) is 1. The van der Waals surface area contributed by atoms with E-state index >= 15 is 0 Å². The molecule has 0 spiro atoms. The van der Waals surface area contributed by atoms with Crippen LogP contribution < -0.4 is 16.0 Å². The van der Waals surface area contributed by atoms with Crippen LogP contribution in [0.3, 0.4) is 0 Å². The summed E-state index contributed by atoms with van der Waals surface area (Å²) < 4.78 is 5.10. The Bertz CT molecular complexity index is 665. The SMILES string of the molecule is C=CCNC(=O)C(C)OC(=O)c1cc(NC(C)=O)cc(NC(C)=O)c1. The lowest BCUT2D eigenvalue weighted by molar-refractivity contribution is -0.128. The summed E-state index contributed by atoms with van der Waals surface area (Å²) in [4.78, 5) is 46.4. The minimum Gasteiger partial charge on any atom is -0.449 e. The second-order valence-corrected chi connectivity index (χ2v) is 5.24. The summed E-state index contributed by atoms with van der Waals surface area (Å²) in [5, 5.41) is 7.57. The van der Waals surface area contributed by atoms with Gasteiger partial charge >= 0.3 is 5.97 Å². The number of hydrogen-bond donors (Lipinski definition) is 3. The van der Waals surface area contributed by atoms with E-state index in [1.54, 1.807) is 0 Å². The number of esters is 1. The van der Waals surface area contributed by atoms with E-state index in [0.29, 0.717) is 11.4 Å². The lowest BCUT2D eigenvalue weighted by Gasteiger charge is -2.14. The Balaban J connectivity index is 2.98. The maximum Gasteiger partial charge on any atom is 0.339 e. The third-order valence-electron chi connectivity index (χ3n) is 2.88. The van der Waals surface area contributed by atoms with Crippen molar-refractivity contribution in [3.63, 3.8) is 0 Å². The number of carbonyl (C=O) groups is 4. The molecule has 0 aliphatic heterocycles. The monoisotopic (exact) mass is 347 g/mol. The van der Waals surface area contributed by atoms with Crippen molar-refractivity contribution in [1.29, 1.82) is 0 Å². The fraction of sp³-hybridized carbons (Fsp3) is 0.294. The van der Waals surface area contributed by atoms with Gasteiger partial charge in [0.25, 0.3) is 5.91 Å². The van der Waals surface area contributed by atoms with Gasteiger partial charge in [0.2, 0.25) is 11.8 Å². The van der Waals surface area contributed by atoms with Gasteiger partial charge in [0.1, 0.15) is 0 Å². The van der Waals surface area contributed by atoms with Gasteiger partial charge in [-0.25, -0.2) is 4.79 Å². The van der Waals surface area contributed by atoms with Gasteiger partial charge in [-0.1, -0.05) is 6.08 Å². The molecule has 0 heterocycles. The van der Waals surface area contributed by atoms with E-state index in [2.05, 4.69) is 22.5 Å². The second kappa shape index (κ2) is 9.21. The van der Waals surface area contributed by atoms with E-state index in [9.17, 15) is 19.2 Å². The van der Waals surface area contributed by atoms with E-state index < -0.39 is 18.0 Å². The topological polar surface area (TPSA) is 114 Å². The first-order chi connectivity index (χ1) is 11.7. The van der Waals surface area contributed by atoms with Crippen LogP contribution in [0.1, 0.15) is 31.1 Å². The van der Waals surface area contributed by atoms with Gasteiger partial charge in [0.15, 0.2) is 6.10 Å². The van der Waals surface area contributed by atoms with Crippen molar-refractivity contribution in [3.05, 3.63) is 36.4 Å². The van der Waals surface area contributed by atoms with Crippen molar-refractivity contribution in [1.82, 2.24) is 5.32 Å². The molecule has 1 rings (SSSR count). The van der Waals surface area contributed by atoms with Crippen LogP contribution in [0, 0.1) is 0 Å². The third-order valence-corrected chi connectivity index (χ3v) is 2.88. The van der Waals surface area contributed by atoms with Gasteiger partial charge in [0, 0.05) is 31.8 Å². The average Bonchev–Trinajstić information content (AvgIpc) is 2.50. The van der Waals surface area contributed by atoms with E-state index in [1.807, 2.05) is 0 Å². The molecule has 1 aromatic carbocycles. The number of amides is 3. The van der Waals surface area contributed by atoms with Crippen molar-refractivity contribution in [2.24, 2.45) is 0 Å². The molecule has 1 unspecified atom stereocenters. The molecule has 1 atom stereocenters. The molecule has 25 heavy (non-hydrogen) atoms. The summed E-state index contributed by atoms with van der Waals surface area (Å²) in [6, 6.07) is 4.28. The zero-order chi connectivity index (χ0) is 19.0. The Labute approximate surface area is 145 Å². The number of carbonyl (C=O) groups excluding carboxylic acids is 4. The highest BCUT2D eigenvalue weighted by molar-refractivity contribution is 5.98. The Morgan fingerprint density at radius 2 is 1.60 bits per heavy atom. The van der Waals surface area contributed by atoms with E-state index in [0.717, 1.165) is 0 Å². The molecule has 134 valence electrons. The van der Waals surface area contributed by atoms with Crippen LogP contribution in [0.15, 0.2) is 30.9 Å². The lowest BCUT2D eigenvalue weighted by Crippen LogP contribution is -2.35. The first-order valence-electron chi connectivity index (χ1n) is 7.52. The predicted molar refractivity (Wildman–Crippen MR) is 93.1 cm³/mol. The standard InChI is InChI=1S/C17H21N3O5/c1-5-6-18-16(23)10(2)25-17(24)13-7-14(19-11(3)21)9-15(8-13)20-12(4)22/h5,7-10H,1,6H2,2-4H3,(H,18,23)(H,19,21)(H,20,22). The number of anilines is 2. The van der Waals surface area contributed by atoms with Gasteiger partial charge in [-0.3, -0.25) is 14.4 Å². The Morgan fingerprint density at radius 1 is 1.08 bits per heavy atom. The van der Waals surface area contributed by atoms with Gasteiger partial charge in [-0.2, -0.15) is 0 Å². The average molecular weight is 347 g/mol. The van der Waals surface area contributed by atoms with E-state index in [-0.39, 0.29) is 23.9 Å². The number of rotatable bonds is 7. The van der Waals surface area contributed by atoms with Crippen molar-refractivity contribution < 1.29 is 23.9 Å². The molecular formula is C17H21N3O5. The molecule has 8 nitrogen and oxygen atoms in total. The maximum atomic E-state index is 12.3. The Hall–Kier alpha value is -3.16. The van der Waals surface area contributed by atoms with Gasteiger partial charge in [-0.15, -0.1) is 6.58 Å². The van der Waals surface area contributed by atoms with Crippen molar-refractivity contribution >= 4 is 35.1 Å². The number of hydrogen-bond acceptors (Lipinski definition) is 5. The summed E-state index contributed by atoms with van der Waals surface area (Å²) in [7, 11) is 0. The first kappa shape index (κ1) is 19.9. The second-order valence-electron chi connectivity index (χ2n) is 5.24. The molecule has 0 aromatic heterocycles. The van der Waals surface area contributed by atoms with Gasteiger partial charge in [0.05, 0.1) is 5.56 Å². The third kappa shape index (κ3) is 6.86. The van der Waals surface area contributed by atoms with Crippen LogP contribution in [0.25, 0.3) is 0 Å². The molecule has 0 saturated carbocycles. The fourth-order valence-corrected chi connectivity index (χ4v) is 1.89. The van der Waals surface area contributed by atoms with Crippen molar-refractivity contribution in [3.8, 4) is 0 Å². The molecule has 0 fully saturated rings. The van der Waals surface area contributed by atoms with Crippen LogP contribution in [0.5, 0.6) is 0 Å². The first-order valence-corrected chi connectivity index (χ1v) is 7.52. The van der Waals surface area contributed by atoms with Crippen molar-refractivity contribution in [2.75, 3.05) is 17.2 Å². The molecule has 0 saturated heterocycles. The summed E-state index contributed by atoms with van der Waals surface area (Å²) >= 11 is 0. The normalized spacial score (nSPS) is 11.0. The number of nitrogens with one attached hydrogen (secondary N) is 3. The summed E-state index contributed by atoms with van der Waals surface area (Å²) in [6.07, 6.45) is 0.490. The largest absolute Gasteiger partial charge is 0.449 e. The highest BCUT2D eigenvalue weighted by Crippen LogP contribution is 2.20. The van der Waals surface area contributed by atoms with Crippen LogP contribution in [-0.4, -0.2) is 36.3 Å². The predicted octanol–water partition coefficient (Wildman–Crippen LogP) is 1.45. The van der Waals surface area contributed by atoms with Gasteiger partial charge < -0.3 is 20.7 Å². The molecule has 0 aliphatic rings. The van der Waals surface area contributed by atoms with E-state index in [4.69, 9.17) is 4.74 Å². The fourth-order valence-electron chi connectivity index (χ4n) is 1.89. The molecular weight excluding hydrogens is 326 g/mol. The maximum absolute atomic E-state index is 12.3. The quantitative estimate of drug-likeness (QED) is 0.510. The summed E-state index contributed by atoms with van der Waals surface area (Å²) in [5.41, 5.74) is 0.710. The Kier molecular flexibility index (Phi) is 7.33. The molecule has 1 aromatic rings. The van der Waals surface area contributed by atoms with E-state index in [1.165, 1.54) is 45.0 Å². The molecule has 3 amide bonds. The smallest absolute Gasteiger partial charge is 0.339 e.